The number of nitrogens with zero attached hydrogens (tertiary/aromatic N) is 4. The third-order valence-electron chi connectivity index (χ3n) is 9.12. The Bertz CT molecular complexity index is 1140. The van der Waals surface area contributed by atoms with Crippen molar-refractivity contribution in [3.05, 3.63) is 29.3 Å². The van der Waals surface area contributed by atoms with Crippen LogP contribution in [0.25, 0.3) is 0 Å². The van der Waals surface area contributed by atoms with E-state index in [0.29, 0.717) is 57.3 Å². The molecule has 1 aromatic carbocycles. The summed E-state index contributed by atoms with van der Waals surface area (Å²) in [5, 5.41) is 28.8. The van der Waals surface area contributed by atoms with Gasteiger partial charge in [0.25, 0.3) is 0 Å². The molecule has 11 nitrogen and oxygen atoms in total. The number of hydrogen-bond donors (Lipinski definition) is 3. The standard InChI is InChI=1S/C27H35N5O6/c1-17-12-18(15-28)2-3-22(17)30-6-8-31(9-7-30)25(34)23-20(24(33)29-37)13-27(16-32(23)26(35)36)14-21(27)19-4-10-38-11-5-19/h2-3,12,19-21,23,37H,4-11,13-14,16H2,1H3,(H,29,33)(H,35,36). The summed E-state index contributed by atoms with van der Waals surface area (Å²) < 4.78 is 5.49. The van der Waals surface area contributed by atoms with Crippen molar-refractivity contribution >= 4 is 23.6 Å². The van der Waals surface area contributed by atoms with Crippen molar-refractivity contribution in [3.8, 4) is 6.07 Å². The third-order valence-corrected chi connectivity index (χ3v) is 9.12. The fourth-order valence-electron chi connectivity index (χ4n) is 7.10. The van der Waals surface area contributed by atoms with Gasteiger partial charge in [-0.2, -0.15) is 5.26 Å². The molecule has 4 atom stereocenters. The molecule has 3 amide bonds. The summed E-state index contributed by atoms with van der Waals surface area (Å²) in [6, 6.07) is 6.47. The lowest BCUT2D eigenvalue weighted by molar-refractivity contribution is -0.150. The van der Waals surface area contributed by atoms with E-state index in [1.165, 1.54) is 0 Å². The van der Waals surface area contributed by atoms with Crippen molar-refractivity contribution in [2.75, 3.05) is 50.8 Å². The van der Waals surface area contributed by atoms with E-state index >= 15 is 0 Å². The van der Waals surface area contributed by atoms with Crippen LogP contribution in [0.5, 0.6) is 0 Å². The first kappa shape index (κ1) is 26.3. The van der Waals surface area contributed by atoms with E-state index in [9.17, 15) is 24.7 Å². The number of carbonyl (C=O) groups is 3. The summed E-state index contributed by atoms with van der Waals surface area (Å²) in [6.07, 6.45) is 1.82. The first-order valence-corrected chi connectivity index (χ1v) is 13.3. The number of amides is 3. The number of hydroxylamine groups is 1. The number of piperidine rings is 1. The van der Waals surface area contributed by atoms with Crippen LogP contribution in [0.2, 0.25) is 0 Å². The second-order valence-electron chi connectivity index (χ2n) is 11.2. The number of ether oxygens (including phenoxy) is 1. The van der Waals surface area contributed by atoms with Crippen LogP contribution in [0.15, 0.2) is 18.2 Å². The first-order chi connectivity index (χ1) is 18.3. The van der Waals surface area contributed by atoms with Gasteiger partial charge in [-0.15, -0.1) is 0 Å². The molecule has 0 aromatic heterocycles. The summed E-state index contributed by atoms with van der Waals surface area (Å²) in [7, 11) is 0. The molecule has 3 aliphatic heterocycles. The molecule has 1 aromatic rings. The minimum absolute atomic E-state index is 0.223. The molecule has 4 fully saturated rings. The molecule has 1 aliphatic carbocycles. The molecule has 0 radical (unpaired) electrons. The highest BCUT2D eigenvalue weighted by Crippen LogP contribution is 2.64. The molecule has 1 saturated carbocycles. The number of carbonyl (C=O) groups excluding carboxylic acids is 2. The van der Waals surface area contributed by atoms with E-state index in [1.807, 2.05) is 19.1 Å². The zero-order valence-electron chi connectivity index (χ0n) is 21.6. The molecule has 0 bridgehead atoms. The fraction of sp³-hybridized carbons (Fsp3) is 0.630. The Labute approximate surface area is 221 Å². The Morgan fingerprint density at radius 3 is 2.45 bits per heavy atom. The molecule has 1 spiro atoms. The number of nitriles is 1. The SMILES string of the molecule is Cc1cc(C#N)ccc1N1CCN(C(=O)C2C(C(=O)NO)CC3(CC3C3CCOCC3)CN2C(=O)O)CC1. The van der Waals surface area contributed by atoms with Crippen molar-refractivity contribution in [2.45, 2.75) is 38.6 Å². The smallest absolute Gasteiger partial charge is 0.408 e. The Balaban J connectivity index is 1.32. The summed E-state index contributed by atoms with van der Waals surface area (Å²) >= 11 is 0. The van der Waals surface area contributed by atoms with Crippen LogP contribution >= 0.6 is 0 Å². The summed E-state index contributed by atoms with van der Waals surface area (Å²) in [5.41, 5.74) is 3.92. The van der Waals surface area contributed by atoms with Crippen LogP contribution in [-0.2, 0) is 14.3 Å². The Morgan fingerprint density at radius 2 is 1.84 bits per heavy atom. The predicted octanol–water partition coefficient (Wildman–Crippen LogP) is 1.82. The second kappa shape index (κ2) is 10.4. The molecular weight excluding hydrogens is 490 g/mol. The van der Waals surface area contributed by atoms with Gasteiger partial charge in [0.05, 0.1) is 17.6 Å². The first-order valence-electron chi connectivity index (χ1n) is 13.3. The second-order valence-corrected chi connectivity index (χ2v) is 11.2. The highest BCUT2D eigenvalue weighted by atomic mass is 16.5. The summed E-state index contributed by atoms with van der Waals surface area (Å²) in [6.45, 7) is 5.40. The average Bonchev–Trinajstić information content (AvgIpc) is 3.64. The number of likely N-dealkylation sites (tertiary alicyclic amines) is 1. The van der Waals surface area contributed by atoms with Gasteiger partial charge in [0, 0.05) is 51.6 Å². The van der Waals surface area contributed by atoms with Gasteiger partial charge in [-0.05, 0) is 73.6 Å². The van der Waals surface area contributed by atoms with Gasteiger partial charge in [-0.25, -0.2) is 10.3 Å². The Hall–Kier alpha value is -3.36. The zero-order chi connectivity index (χ0) is 27.0. The van der Waals surface area contributed by atoms with Crippen LogP contribution in [0, 0.1) is 41.4 Å². The van der Waals surface area contributed by atoms with Gasteiger partial charge in [-0.1, -0.05) is 0 Å². The average molecular weight is 526 g/mol. The maximum absolute atomic E-state index is 13.8. The van der Waals surface area contributed by atoms with E-state index in [4.69, 9.17) is 10.00 Å². The summed E-state index contributed by atoms with van der Waals surface area (Å²) in [5.74, 6) is -1.35. The number of piperazine rings is 1. The number of nitrogens with one attached hydrogen (secondary N) is 1. The molecule has 204 valence electrons. The van der Waals surface area contributed by atoms with Crippen LogP contribution in [0.1, 0.15) is 36.8 Å². The Morgan fingerprint density at radius 1 is 1.13 bits per heavy atom. The van der Waals surface area contributed by atoms with Gasteiger partial charge in [0.15, 0.2) is 0 Å². The van der Waals surface area contributed by atoms with Gasteiger partial charge < -0.3 is 19.6 Å². The molecular formula is C27H35N5O6. The largest absolute Gasteiger partial charge is 0.465 e. The molecule has 38 heavy (non-hydrogen) atoms. The van der Waals surface area contributed by atoms with Gasteiger partial charge in [0.2, 0.25) is 11.8 Å². The van der Waals surface area contributed by atoms with Crippen molar-refractivity contribution in [2.24, 2.45) is 23.2 Å². The van der Waals surface area contributed by atoms with Crippen LogP contribution in [-0.4, -0.2) is 90.0 Å². The highest BCUT2D eigenvalue weighted by molar-refractivity contribution is 5.92. The fourth-order valence-corrected chi connectivity index (χ4v) is 7.10. The molecule has 3 heterocycles. The van der Waals surface area contributed by atoms with Crippen molar-refractivity contribution in [3.63, 3.8) is 0 Å². The highest BCUT2D eigenvalue weighted by Gasteiger charge is 2.64. The minimum Gasteiger partial charge on any atom is -0.465 e. The van der Waals surface area contributed by atoms with Crippen LogP contribution in [0.3, 0.4) is 0 Å². The molecule has 4 unspecified atom stereocenters. The molecule has 4 aliphatic rings. The molecule has 5 rings (SSSR count). The van der Waals surface area contributed by atoms with Crippen molar-refractivity contribution < 1.29 is 29.4 Å². The predicted molar refractivity (Wildman–Crippen MR) is 135 cm³/mol. The lowest BCUT2D eigenvalue weighted by atomic mass is 9.76. The number of carboxylic acid groups (broad SMARTS) is 1. The molecule has 3 N–H and O–H groups in total. The van der Waals surface area contributed by atoms with Crippen molar-refractivity contribution in [1.82, 2.24) is 15.3 Å². The van der Waals surface area contributed by atoms with Gasteiger partial charge in [0.1, 0.15) is 6.04 Å². The molecule has 11 heteroatoms. The van der Waals surface area contributed by atoms with E-state index in [0.717, 1.165) is 35.4 Å². The number of hydrogen-bond acceptors (Lipinski definition) is 7. The van der Waals surface area contributed by atoms with Gasteiger partial charge >= 0.3 is 6.09 Å². The van der Waals surface area contributed by atoms with E-state index in [-0.39, 0.29) is 17.9 Å². The maximum atomic E-state index is 13.8. The lowest BCUT2D eigenvalue weighted by Gasteiger charge is -2.46. The van der Waals surface area contributed by atoms with E-state index < -0.39 is 29.9 Å². The third kappa shape index (κ3) is 4.78. The Kier molecular flexibility index (Phi) is 7.20. The van der Waals surface area contributed by atoms with Crippen LogP contribution < -0.4 is 10.4 Å². The quantitative estimate of drug-likeness (QED) is 0.399. The number of aryl methyl sites for hydroxylation is 1. The minimum atomic E-state index is -1.22. The summed E-state index contributed by atoms with van der Waals surface area (Å²) in [4.78, 5) is 44.0. The molecule has 3 saturated heterocycles. The van der Waals surface area contributed by atoms with Crippen LogP contribution in [0.4, 0.5) is 10.5 Å². The van der Waals surface area contributed by atoms with E-state index in [1.54, 1.807) is 16.4 Å². The van der Waals surface area contributed by atoms with E-state index in [2.05, 4.69) is 11.0 Å². The normalized spacial score (nSPS) is 29.6. The topological polar surface area (TPSA) is 146 Å². The number of anilines is 1. The van der Waals surface area contributed by atoms with Crippen molar-refractivity contribution in [1.29, 1.82) is 5.26 Å². The zero-order valence-corrected chi connectivity index (χ0v) is 21.6. The maximum Gasteiger partial charge on any atom is 0.408 e. The number of benzene rings is 1. The van der Waals surface area contributed by atoms with Gasteiger partial charge in [-0.3, -0.25) is 19.7 Å². The lowest BCUT2D eigenvalue weighted by Crippen LogP contribution is -2.63. The monoisotopic (exact) mass is 525 g/mol. The number of rotatable bonds is 4.